The van der Waals surface area contributed by atoms with Crippen LogP contribution >= 0.6 is 0 Å². The van der Waals surface area contributed by atoms with E-state index in [1.165, 1.54) is 0 Å². The van der Waals surface area contributed by atoms with E-state index < -0.39 is 27.9 Å². The van der Waals surface area contributed by atoms with Gasteiger partial charge in [-0.15, -0.1) is 0 Å². The number of hydrogen-bond acceptors (Lipinski definition) is 6. The molecule has 27 heavy (non-hydrogen) atoms. The number of aryl methyl sites for hydroxylation is 1. The van der Waals surface area contributed by atoms with Gasteiger partial charge in [-0.1, -0.05) is 0 Å². The molecule has 0 bridgehead atoms. The topological polar surface area (TPSA) is 125 Å². The Hall–Kier alpha value is -2.00. The van der Waals surface area contributed by atoms with E-state index in [0.29, 0.717) is 19.4 Å². The molecule has 1 aromatic heterocycles. The van der Waals surface area contributed by atoms with Gasteiger partial charge in [0.15, 0.2) is 0 Å². The number of aliphatic hydroxyl groups is 1. The first-order valence-corrected chi connectivity index (χ1v) is 11.0. The first-order valence-electron chi connectivity index (χ1n) is 8.98. The Morgan fingerprint density at radius 2 is 2.07 bits per heavy atom. The average Bonchev–Trinajstić information content (AvgIpc) is 2.59. The standard InChI is InChI=1S/C18H27N3O5S/c1-12-9-13(5-7-19-12)11-20-18(24)14-3-4-15(16(22)10-14)21-17(23)6-8-27(2,25)26/h5,7,9,14-16,22H,3-4,6,8,10-11H2,1-2H3,(H,20,24)(H,21,23)/t14-,15-,16-/m0/s1. The zero-order chi connectivity index (χ0) is 20.0. The summed E-state index contributed by atoms with van der Waals surface area (Å²) in [4.78, 5) is 28.3. The molecule has 3 N–H and O–H groups in total. The Labute approximate surface area is 159 Å². The molecule has 1 aliphatic carbocycles. The quantitative estimate of drug-likeness (QED) is 0.599. The van der Waals surface area contributed by atoms with Gasteiger partial charge in [0.05, 0.1) is 17.9 Å². The van der Waals surface area contributed by atoms with E-state index in [0.717, 1.165) is 17.5 Å². The third kappa shape index (κ3) is 7.26. The fourth-order valence-corrected chi connectivity index (χ4v) is 3.71. The predicted octanol–water partition coefficient (Wildman–Crippen LogP) is 0.0867. The summed E-state index contributed by atoms with van der Waals surface area (Å²) in [6.07, 6.45) is 3.09. The molecule has 0 unspecified atom stereocenters. The van der Waals surface area contributed by atoms with Crippen LogP contribution in [0.25, 0.3) is 0 Å². The summed E-state index contributed by atoms with van der Waals surface area (Å²) >= 11 is 0. The van der Waals surface area contributed by atoms with E-state index in [-0.39, 0.29) is 30.4 Å². The van der Waals surface area contributed by atoms with Crippen molar-refractivity contribution in [1.82, 2.24) is 15.6 Å². The molecule has 8 nitrogen and oxygen atoms in total. The maximum absolute atomic E-state index is 12.4. The normalized spacial score (nSPS) is 22.9. The molecule has 0 aromatic carbocycles. The van der Waals surface area contributed by atoms with Crippen LogP contribution in [-0.2, 0) is 26.0 Å². The molecule has 2 rings (SSSR count). The molecule has 1 fully saturated rings. The number of rotatable bonds is 7. The summed E-state index contributed by atoms with van der Waals surface area (Å²) in [5.41, 5.74) is 1.84. The van der Waals surface area contributed by atoms with Crippen LogP contribution in [0, 0.1) is 12.8 Å². The smallest absolute Gasteiger partial charge is 0.223 e. The second-order valence-electron chi connectivity index (χ2n) is 7.15. The third-order valence-electron chi connectivity index (χ3n) is 4.66. The number of carbonyl (C=O) groups is 2. The van der Waals surface area contributed by atoms with Gasteiger partial charge >= 0.3 is 0 Å². The van der Waals surface area contributed by atoms with Crippen LogP contribution in [0.2, 0.25) is 0 Å². The first kappa shape index (κ1) is 21.3. The highest BCUT2D eigenvalue weighted by atomic mass is 32.2. The predicted molar refractivity (Wildman–Crippen MR) is 100 cm³/mol. The number of nitrogens with one attached hydrogen (secondary N) is 2. The van der Waals surface area contributed by atoms with Crippen molar-refractivity contribution < 1.29 is 23.1 Å². The Morgan fingerprint density at radius 1 is 1.33 bits per heavy atom. The van der Waals surface area contributed by atoms with E-state index in [1.54, 1.807) is 6.20 Å². The number of amides is 2. The summed E-state index contributed by atoms with van der Waals surface area (Å²) in [7, 11) is -3.21. The average molecular weight is 397 g/mol. The minimum absolute atomic E-state index is 0.120. The van der Waals surface area contributed by atoms with Crippen LogP contribution in [0.5, 0.6) is 0 Å². The molecule has 1 aromatic rings. The van der Waals surface area contributed by atoms with Gasteiger partial charge in [0.2, 0.25) is 11.8 Å². The number of nitrogens with zero attached hydrogens (tertiary/aromatic N) is 1. The first-order chi connectivity index (χ1) is 12.6. The second kappa shape index (κ2) is 9.27. The minimum atomic E-state index is -3.21. The molecular weight excluding hydrogens is 370 g/mol. The van der Waals surface area contributed by atoms with Crippen molar-refractivity contribution in [2.24, 2.45) is 5.92 Å². The third-order valence-corrected chi connectivity index (χ3v) is 5.61. The van der Waals surface area contributed by atoms with Gasteiger partial charge in [0.1, 0.15) is 9.84 Å². The summed E-state index contributed by atoms with van der Waals surface area (Å²) in [6.45, 7) is 2.29. The van der Waals surface area contributed by atoms with Crippen LogP contribution in [0.4, 0.5) is 0 Å². The lowest BCUT2D eigenvalue weighted by atomic mass is 9.83. The molecule has 0 saturated heterocycles. The highest BCUT2D eigenvalue weighted by Gasteiger charge is 2.33. The van der Waals surface area contributed by atoms with Crippen LogP contribution in [0.15, 0.2) is 18.3 Å². The van der Waals surface area contributed by atoms with E-state index in [2.05, 4.69) is 15.6 Å². The summed E-state index contributed by atoms with van der Waals surface area (Å²) in [5, 5.41) is 15.8. The maximum Gasteiger partial charge on any atom is 0.223 e. The molecule has 2 amide bonds. The van der Waals surface area contributed by atoms with Gasteiger partial charge in [0, 0.05) is 37.0 Å². The number of hydrogen-bond donors (Lipinski definition) is 3. The zero-order valence-corrected chi connectivity index (χ0v) is 16.5. The SMILES string of the molecule is Cc1cc(CNC(=O)[C@H]2CC[C@H](NC(=O)CCS(C)(=O)=O)[C@@H](O)C2)ccn1. The second-order valence-corrected chi connectivity index (χ2v) is 9.41. The molecule has 1 saturated carbocycles. The van der Waals surface area contributed by atoms with Crippen molar-refractivity contribution >= 4 is 21.7 Å². The summed E-state index contributed by atoms with van der Waals surface area (Å²) in [6, 6.07) is 3.28. The lowest BCUT2D eigenvalue weighted by Gasteiger charge is -2.33. The van der Waals surface area contributed by atoms with Gasteiger partial charge in [-0.3, -0.25) is 14.6 Å². The van der Waals surface area contributed by atoms with Crippen molar-refractivity contribution in [2.75, 3.05) is 12.0 Å². The molecule has 3 atom stereocenters. The molecule has 150 valence electrons. The van der Waals surface area contributed by atoms with Crippen molar-refractivity contribution in [3.63, 3.8) is 0 Å². The number of pyridine rings is 1. The van der Waals surface area contributed by atoms with E-state index in [9.17, 15) is 23.1 Å². The molecule has 9 heteroatoms. The lowest BCUT2D eigenvalue weighted by molar-refractivity contribution is -0.128. The van der Waals surface area contributed by atoms with Crippen molar-refractivity contribution in [3.8, 4) is 0 Å². The molecule has 1 heterocycles. The molecule has 0 radical (unpaired) electrons. The van der Waals surface area contributed by atoms with Crippen molar-refractivity contribution in [2.45, 2.75) is 51.3 Å². The summed E-state index contributed by atoms with van der Waals surface area (Å²) in [5.74, 6) is -1.06. The highest BCUT2D eigenvalue weighted by molar-refractivity contribution is 7.90. The Bertz CT molecular complexity index is 781. The fraction of sp³-hybridized carbons (Fsp3) is 0.611. The molecule has 0 spiro atoms. The molecule has 0 aliphatic heterocycles. The monoisotopic (exact) mass is 397 g/mol. The van der Waals surface area contributed by atoms with E-state index in [1.807, 2.05) is 19.1 Å². The number of aromatic nitrogens is 1. The largest absolute Gasteiger partial charge is 0.391 e. The van der Waals surface area contributed by atoms with E-state index >= 15 is 0 Å². The van der Waals surface area contributed by atoms with Gasteiger partial charge in [-0.2, -0.15) is 0 Å². The zero-order valence-electron chi connectivity index (χ0n) is 15.6. The van der Waals surface area contributed by atoms with Crippen LogP contribution in [-0.4, -0.2) is 54.5 Å². The molecular formula is C18H27N3O5S. The van der Waals surface area contributed by atoms with Crippen molar-refractivity contribution in [3.05, 3.63) is 29.6 Å². The summed E-state index contributed by atoms with van der Waals surface area (Å²) < 4.78 is 22.2. The highest BCUT2D eigenvalue weighted by Crippen LogP contribution is 2.25. The lowest BCUT2D eigenvalue weighted by Crippen LogP contribution is -2.49. The number of aliphatic hydroxyl groups excluding tert-OH is 1. The van der Waals surface area contributed by atoms with Gasteiger partial charge < -0.3 is 15.7 Å². The minimum Gasteiger partial charge on any atom is -0.391 e. The number of carbonyl (C=O) groups excluding carboxylic acids is 2. The Morgan fingerprint density at radius 3 is 2.70 bits per heavy atom. The number of sulfone groups is 1. The van der Waals surface area contributed by atoms with Crippen LogP contribution in [0.1, 0.15) is 36.9 Å². The van der Waals surface area contributed by atoms with Gasteiger partial charge in [-0.05, 0) is 43.9 Å². The maximum atomic E-state index is 12.4. The van der Waals surface area contributed by atoms with Gasteiger partial charge in [-0.25, -0.2) is 8.42 Å². The van der Waals surface area contributed by atoms with Gasteiger partial charge in [0.25, 0.3) is 0 Å². The van der Waals surface area contributed by atoms with Crippen molar-refractivity contribution in [1.29, 1.82) is 0 Å². The van der Waals surface area contributed by atoms with Crippen LogP contribution in [0.3, 0.4) is 0 Å². The molecule has 1 aliphatic rings. The Kier molecular flexibility index (Phi) is 7.32. The fourth-order valence-electron chi connectivity index (χ4n) is 3.16. The Balaban J connectivity index is 1.78. The van der Waals surface area contributed by atoms with E-state index in [4.69, 9.17) is 0 Å². The van der Waals surface area contributed by atoms with Crippen LogP contribution < -0.4 is 10.6 Å².